The zero-order valence-electron chi connectivity index (χ0n) is 9.14. The summed E-state index contributed by atoms with van der Waals surface area (Å²) in [6.07, 6.45) is 0. The lowest BCUT2D eigenvalue weighted by molar-refractivity contribution is 0.305. The Morgan fingerprint density at radius 2 is 2.06 bits per heavy atom. The van der Waals surface area contributed by atoms with Gasteiger partial charge in [0.2, 0.25) is 0 Å². The number of thiazole rings is 1. The van der Waals surface area contributed by atoms with E-state index in [0.29, 0.717) is 13.2 Å². The maximum Gasteiger partial charge on any atom is 0.140 e. The Balaban J connectivity index is 1.94. The molecule has 0 atom stereocenters. The monoisotopic (exact) mass is 234 g/mol. The minimum Gasteiger partial charge on any atom is -0.486 e. The topological polar surface area (TPSA) is 48.1 Å². The highest BCUT2D eigenvalue weighted by molar-refractivity contribution is 7.09. The van der Waals surface area contributed by atoms with Crippen LogP contribution < -0.4 is 10.5 Å². The molecule has 84 valence electrons. The van der Waals surface area contributed by atoms with Gasteiger partial charge in [0.15, 0.2) is 0 Å². The molecule has 0 fully saturated rings. The molecular formula is C12H14N2OS. The van der Waals surface area contributed by atoms with E-state index in [1.165, 1.54) is 0 Å². The number of hydrogen-bond donors (Lipinski definition) is 1. The largest absolute Gasteiger partial charge is 0.486 e. The summed E-state index contributed by atoms with van der Waals surface area (Å²) >= 11 is 1.62. The average molecular weight is 234 g/mol. The lowest BCUT2D eigenvalue weighted by atomic mass is 10.2. The Morgan fingerprint density at radius 1 is 1.31 bits per heavy atom. The van der Waals surface area contributed by atoms with Crippen LogP contribution in [0.1, 0.15) is 16.3 Å². The van der Waals surface area contributed by atoms with Crippen molar-refractivity contribution in [1.29, 1.82) is 0 Å². The van der Waals surface area contributed by atoms with Crippen LogP contribution in [0, 0.1) is 6.92 Å². The second kappa shape index (κ2) is 5.09. The van der Waals surface area contributed by atoms with Gasteiger partial charge in [-0.3, -0.25) is 0 Å². The first kappa shape index (κ1) is 11.1. The van der Waals surface area contributed by atoms with Gasteiger partial charge in [0.05, 0.1) is 0 Å². The van der Waals surface area contributed by atoms with E-state index >= 15 is 0 Å². The van der Waals surface area contributed by atoms with Gasteiger partial charge in [0.25, 0.3) is 0 Å². The number of hydrogen-bond acceptors (Lipinski definition) is 4. The van der Waals surface area contributed by atoms with Crippen LogP contribution in [0.25, 0.3) is 0 Å². The predicted molar refractivity (Wildman–Crippen MR) is 65.5 cm³/mol. The Bertz CT molecular complexity index is 450. The fourth-order valence-electron chi connectivity index (χ4n) is 1.34. The molecule has 0 saturated heterocycles. The van der Waals surface area contributed by atoms with Gasteiger partial charge in [0, 0.05) is 17.6 Å². The third-order valence-corrected chi connectivity index (χ3v) is 3.13. The van der Waals surface area contributed by atoms with Crippen molar-refractivity contribution in [3.63, 3.8) is 0 Å². The first-order valence-corrected chi connectivity index (χ1v) is 5.98. The molecule has 0 bridgehead atoms. The zero-order chi connectivity index (χ0) is 11.4. The Morgan fingerprint density at radius 3 is 2.62 bits per heavy atom. The Kier molecular flexibility index (Phi) is 3.54. The molecule has 1 aromatic heterocycles. The van der Waals surface area contributed by atoms with Crippen LogP contribution in [0.4, 0.5) is 0 Å². The van der Waals surface area contributed by atoms with Crippen LogP contribution in [0.2, 0.25) is 0 Å². The van der Waals surface area contributed by atoms with Crippen LogP contribution in [-0.4, -0.2) is 4.98 Å². The van der Waals surface area contributed by atoms with Gasteiger partial charge in [-0.25, -0.2) is 4.98 Å². The van der Waals surface area contributed by atoms with Crippen LogP contribution in [0.15, 0.2) is 29.6 Å². The molecule has 2 N–H and O–H groups in total. The molecule has 0 spiro atoms. The van der Waals surface area contributed by atoms with Gasteiger partial charge in [-0.2, -0.15) is 0 Å². The molecule has 0 radical (unpaired) electrons. The van der Waals surface area contributed by atoms with E-state index in [-0.39, 0.29) is 0 Å². The predicted octanol–water partition coefficient (Wildman–Crippen LogP) is 2.49. The summed E-state index contributed by atoms with van der Waals surface area (Å²) in [5.74, 6) is 0.852. The van der Waals surface area contributed by atoms with Gasteiger partial charge in [-0.1, -0.05) is 12.1 Å². The summed E-state index contributed by atoms with van der Waals surface area (Å²) in [7, 11) is 0. The number of rotatable bonds is 4. The maximum absolute atomic E-state index is 5.61. The summed E-state index contributed by atoms with van der Waals surface area (Å²) in [6.45, 7) is 3.07. The van der Waals surface area contributed by atoms with Gasteiger partial charge in [0.1, 0.15) is 17.4 Å². The van der Waals surface area contributed by atoms with Crippen LogP contribution >= 0.6 is 11.3 Å². The third kappa shape index (κ3) is 2.81. The Hall–Kier alpha value is -1.39. The van der Waals surface area contributed by atoms with E-state index in [4.69, 9.17) is 10.5 Å². The fourth-order valence-corrected chi connectivity index (χ4v) is 2.02. The van der Waals surface area contributed by atoms with E-state index in [2.05, 4.69) is 4.98 Å². The molecule has 1 heterocycles. The standard InChI is InChI=1S/C12H14N2OS/c1-9-8-16-12(14-9)7-15-11-4-2-10(6-13)3-5-11/h2-5,8H,6-7,13H2,1H3. The molecule has 1 aromatic carbocycles. The third-order valence-electron chi connectivity index (χ3n) is 2.19. The molecule has 2 rings (SSSR count). The second-order valence-electron chi connectivity index (χ2n) is 3.52. The van der Waals surface area contributed by atoms with Crippen molar-refractivity contribution in [2.45, 2.75) is 20.1 Å². The first-order chi connectivity index (χ1) is 7.78. The summed E-state index contributed by atoms with van der Waals surface area (Å²) in [6, 6.07) is 7.82. The van der Waals surface area contributed by atoms with Crippen molar-refractivity contribution in [3.05, 3.63) is 45.9 Å². The minimum atomic E-state index is 0.528. The van der Waals surface area contributed by atoms with E-state index < -0.39 is 0 Å². The molecule has 2 aromatic rings. The fraction of sp³-hybridized carbons (Fsp3) is 0.250. The van der Waals surface area contributed by atoms with E-state index in [0.717, 1.165) is 22.0 Å². The second-order valence-corrected chi connectivity index (χ2v) is 4.46. The molecule has 16 heavy (non-hydrogen) atoms. The molecule has 0 saturated carbocycles. The Labute approximate surface area is 98.9 Å². The highest BCUT2D eigenvalue weighted by Gasteiger charge is 2.00. The van der Waals surface area contributed by atoms with E-state index in [1.54, 1.807) is 11.3 Å². The number of benzene rings is 1. The SMILES string of the molecule is Cc1csc(COc2ccc(CN)cc2)n1. The number of aryl methyl sites for hydroxylation is 1. The normalized spacial score (nSPS) is 10.4. The summed E-state index contributed by atoms with van der Waals surface area (Å²) in [5, 5.41) is 3.02. The van der Waals surface area contributed by atoms with E-state index in [1.807, 2.05) is 36.6 Å². The van der Waals surface area contributed by atoms with Crippen molar-refractivity contribution in [1.82, 2.24) is 4.98 Å². The van der Waals surface area contributed by atoms with Gasteiger partial charge in [-0.15, -0.1) is 11.3 Å². The lowest BCUT2D eigenvalue weighted by Gasteiger charge is -2.04. The van der Waals surface area contributed by atoms with E-state index in [9.17, 15) is 0 Å². The van der Waals surface area contributed by atoms with Crippen molar-refractivity contribution >= 4 is 11.3 Å². The first-order valence-electron chi connectivity index (χ1n) is 5.11. The van der Waals surface area contributed by atoms with Crippen LogP contribution in [0.5, 0.6) is 5.75 Å². The highest BCUT2D eigenvalue weighted by Crippen LogP contribution is 2.15. The molecule has 0 aliphatic carbocycles. The summed E-state index contributed by atoms with van der Waals surface area (Å²) < 4.78 is 5.61. The van der Waals surface area contributed by atoms with Crippen molar-refractivity contribution in [3.8, 4) is 5.75 Å². The quantitative estimate of drug-likeness (QED) is 0.884. The van der Waals surface area contributed by atoms with Crippen molar-refractivity contribution < 1.29 is 4.74 Å². The van der Waals surface area contributed by atoms with Gasteiger partial charge < -0.3 is 10.5 Å². The smallest absolute Gasteiger partial charge is 0.140 e. The minimum absolute atomic E-state index is 0.528. The molecule has 3 nitrogen and oxygen atoms in total. The number of ether oxygens (including phenoxy) is 1. The molecule has 0 unspecified atom stereocenters. The summed E-state index contributed by atoms with van der Waals surface area (Å²) in [4.78, 5) is 4.33. The molecule has 0 aliphatic rings. The average Bonchev–Trinajstić information content (AvgIpc) is 2.73. The highest BCUT2D eigenvalue weighted by atomic mass is 32.1. The van der Waals surface area contributed by atoms with Crippen LogP contribution in [0.3, 0.4) is 0 Å². The molecule has 0 amide bonds. The molecular weight excluding hydrogens is 220 g/mol. The summed E-state index contributed by atoms with van der Waals surface area (Å²) in [5.41, 5.74) is 7.67. The zero-order valence-corrected chi connectivity index (χ0v) is 9.96. The number of nitrogens with two attached hydrogens (primary N) is 1. The number of aromatic nitrogens is 1. The lowest BCUT2D eigenvalue weighted by Crippen LogP contribution is -1.97. The van der Waals surface area contributed by atoms with Gasteiger partial charge in [-0.05, 0) is 24.6 Å². The van der Waals surface area contributed by atoms with Gasteiger partial charge >= 0.3 is 0 Å². The molecule has 0 aliphatic heterocycles. The van der Waals surface area contributed by atoms with Crippen LogP contribution in [-0.2, 0) is 13.2 Å². The number of nitrogens with zero attached hydrogens (tertiary/aromatic N) is 1. The molecule has 4 heteroatoms. The van der Waals surface area contributed by atoms with Crippen molar-refractivity contribution in [2.24, 2.45) is 5.73 Å². The van der Waals surface area contributed by atoms with Crippen molar-refractivity contribution in [2.75, 3.05) is 0 Å². The maximum atomic E-state index is 5.61.